The molecule has 18 heavy (non-hydrogen) atoms. The number of hydrogen-bond acceptors (Lipinski definition) is 4. The lowest BCUT2D eigenvalue weighted by Gasteiger charge is -2.33. The number of nitrogens with zero attached hydrogens (tertiary/aromatic N) is 2. The van der Waals surface area contributed by atoms with Crippen LogP contribution in [0.3, 0.4) is 0 Å². The van der Waals surface area contributed by atoms with E-state index < -0.39 is 6.10 Å². The number of aliphatic hydroxyl groups is 1. The number of para-hydroxylation sites is 1. The third-order valence-corrected chi connectivity index (χ3v) is 3.23. The largest absolute Gasteiger partial charge is 0.388 e. The summed E-state index contributed by atoms with van der Waals surface area (Å²) < 4.78 is 5.34. The Morgan fingerprint density at radius 3 is 3.06 bits per heavy atom. The Bertz CT molecular complexity index is 442. The monoisotopic (exact) mass is 246 g/mol. The molecule has 4 nitrogen and oxygen atoms in total. The Kier molecular flexibility index (Phi) is 4.19. The van der Waals surface area contributed by atoms with Crippen molar-refractivity contribution in [3.05, 3.63) is 29.8 Å². The predicted octanol–water partition coefficient (Wildman–Crippen LogP) is 1.86. The Morgan fingerprint density at radius 2 is 2.33 bits per heavy atom. The fourth-order valence-corrected chi connectivity index (χ4v) is 2.22. The average Bonchev–Trinajstić information content (AvgIpc) is 2.46. The molecule has 96 valence electrons. The van der Waals surface area contributed by atoms with E-state index in [1.165, 1.54) is 0 Å². The van der Waals surface area contributed by atoms with Gasteiger partial charge in [0.1, 0.15) is 0 Å². The third kappa shape index (κ3) is 2.63. The summed E-state index contributed by atoms with van der Waals surface area (Å²) >= 11 is 0. The van der Waals surface area contributed by atoms with Crippen molar-refractivity contribution in [1.82, 2.24) is 0 Å². The van der Waals surface area contributed by atoms with Gasteiger partial charge in [-0.1, -0.05) is 25.1 Å². The van der Waals surface area contributed by atoms with Gasteiger partial charge in [0.2, 0.25) is 0 Å². The second kappa shape index (κ2) is 5.85. The van der Waals surface area contributed by atoms with Crippen LogP contribution in [0.4, 0.5) is 5.69 Å². The van der Waals surface area contributed by atoms with Crippen molar-refractivity contribution in [1.29, 1.82) is 5.26 Å². The molecule has 0 aromatic heterocycles. The van der Waals surface area contributed by atoms with Crippen LogP contribution in [0.5, 0.6) is 0 Å². The Balaban J connectivity index is 2.25. The molecule has 1 saturated heterocycles. The molecule has 2 atom stereocenters. The number of ether oxygens (including phenoxy) is 1. The SMILES string of the molecule is CCC(O)c1ccccc1N1CCOC(C#N)C1. The first-order valence-corrected chi connectivity index (χ1v) is 6.29. The zero-order valence-electron chi connectivity index (χ0n) is 10.5. The molecule has 2 rings (SSSR count). The molecule has 2 unspecified atom stereocenters. The van der Waals surface area contributed by atoms with E-state index in [0.717, 1.165) is 17.8 Å². The van der Waals surface area contributed by atoms with Crippen molar-refractivity contribution in [2.24, 2.45) is 0 Å². The van der Waals surface area contributed by atoms with Gasteiger partial charge in [-0.2, -0.15) is 5.26 Å². The minimum absolute atomic E-state index is 0.384. The van der Waals surface area contributed by atoms with E-state index in [0.29, 0.717) is 19.6 Å². The van der Waals surface area contributed by atoms with Crippen molar-refractivity contribution < 1.29 is 9.84 Å². The molecule has 1 aliphatic rings. The highest BCUT2D eigenvalue weighted by Crippen LogP contribution is 2.29. The fourth-order valence-electron chi connectivity index (χ4n) is 2.22. The first-order chi connectivity index (χ1) is 8.76. The quantitative estimate of drug-likeness (QED) is 0.884. The lowest BCUT2D eigenvalue weighted by atomic mass is 10.0. The molecule has 0 aliphatic carbocycles. The molecule has 0 saturated carbocycles. The molecule has 1 aromatic rings. The Morgan fingerprint density at radius 1 is 1.56 bits per heavy atom. The highest BCUT2D eigenvalue weighted by atomic mass is 16.5. The van der Waals surface area contributed by atoms with Crippen LogP contribution < -0.4 is 4.90 Å². The summed E-state index contributed by atoms with van der Waals surface area (Å²) in [6, 6.07) is 9.97. The number of rotatable bonds is 3. The molecule has 0 bridgehead atoms. The molecular weight excluding hydrogens is 228 g/mol. The van der Waals surface area contributed by atoms with Gasteiger partial charge in [-0.25, -0.2) is 0 Å². The normalized spacial score (nSPS) is 21.4. The number of hydrogen-bond donors (Lipinski definition) is 1. The van der Waals surface area contributed by atoms with Crippen molar-refractivity contribution in [3.8, 4) is 6.07 Å². The van der Waals surface area contributed by atoms with E-state index in [4.69, 9.17) is 10.00 Å². The van der Waals surface area contributed by atoms with Gasteiger partial charge in [0.15, 0.2) is 6.10 Å². The van der Waals surface area contributed by atoms with Gasteiger partial charge in [0, 0.05) is 17.8 Å². The number of aliphatic hydroxyl groups excluding tert-OH is 1. The fraction of sp³-hybridized carbons (Fsp3) is 0.500. The second-order valence-electron chi connectivity index (χ2n) is 4.42. The van der Waals surface area contributed by atoms with Gasteiger partial charge >= 0.3 is 0 Å². The number of anilines is 1. The van der Waals surface area contributed by atoms with Crippen LogP contribution in [-0.4, -0.2) is 30.9 Å². The lowest BCUT2D eigenvalue weighted by molar-refractivity contribution is 0.0760. The molecule has 1 aliphatic heterocycles. The van der Waals surface area contributed by atoms with Crippen LogP contribution in [-0.2, 0) is 4.74 Å². The Labute approximate surface area is 107 Å². The molecule has 4 heteroatoms. The van der Waals surface area contributed by atoms with Crippen molar-refractivity contribution in [2.45, 2.75) is 25.6 Å². The zero-order valence-corrected chi connectivity index (χ0v) is 10.5. The highest BCUT2D eigenvalue weighted by Gasteiger charge is 2.23. The molecule has 1 N–H and O–H groups in total. The molecule has 0 spiro atoms. The van der Waals surface area contributed by atoms with Gasteiger partial charge in [0.05, 0.1) is 25.3 Å². The van der Waals surface area contributed by atoms with Crippen molar-refractivity contribution >= 4 is 5.69 Å². The molecule has 1 aromatic carbocycles. The van der Waals surface area contributed by atoms with E-state index in [9.17, 15) is 5.11 Å². The third-order valence-electron chi connectivity index (χ3n) is 3.23. The molecule has 0 radical (unpaired) electrons. The smallest absolute Gasteiger partial charge is 0.161 e. The van der Waals surface area contributed by atoms with Crippen LogP contribution in [0.1, 0.15) is 25.0 Å². The number of nitriles is 1. The maximum absolute atomic E-state index is 10.0. The van der Waals surface area contributed by atoms with E-state index in [-0.39, 0.29) is 6.10 Å². The van der Waals surface area contributed by atoms with E-state index in [1.807, 2.05) is 31.2 Å². The van der Waals surface area contributed by atoms with Crippen molar-refractivity contribution in [2.75, 3.05) is 24.6 Å². The maximum atomic E-state index is 10.0. The Hall–Kier alpha value is -1.57. The van der Waals surface area contributed by atoms with Gasteiger partial charge in [-0.15, -0.1) is 0 Å². The minimum atomic E-state index is -0.454. The molecule has 0 amide bonds. The molecular formula is C14H18N2O2. The number of morpholine rings is 1. The van der Waals surface area contributed by atoms with Gasteiger partial charge in [-0.05, 0) is 12.5 Å². The second-order valence-corrected chi connectivity index (χ2v) is 4.42. The van der Waals surface area contributed by atoms with Crippen LogP contribution >= 0.6 is 0 Å². The summed E-state index contributed by atoms with van der Waals surface area (Å²) in [7, 11) is 0. The summed E-state index contributed by atoms with van der Waals surface area (Å²) in [6.07, 6.45) is -0.154. The summed E-state index contributed by atoms with van der Waals surface area (Å²) in [5.41, 5.74) is 1.94. The van der Waals surface area contributed by atoms with Crippen LogP contribution in [0.25, 0.3) is 0 Å². The van der Waals surface area contributed by atoms with Crippen LogP contribution in [0.15, 0.2) is 24.3 Å². The lowest BCUT2D eigenvalue weighted by Crippen LogP contribution is -2.42. The van der Waals surface area contributed by atoms with Gasteiger partial charge in [0.25, 0.3) is 0 Å². The average molecular weight is 246 g/mol. The van der Waals surface area contributed by atoms with Crippen LogP contribution in [0.2, 0.25) is 0 Å². The van der Waals surface area contributed by atoms with Gasteiger partial charge in [-0.3, -0.25) is 0 Å². The first-order valence-electron chi connectivity index (χ1n) is 6.29. The summed E-state index contributed by atoms with van der Waals surface area (Å²) in [5.74, 6) is 0. The maximum Gasteiger partial charge on any atom is 0.161 e. The summed E-state index contributed by atoms with van der Waals surface area (Å²) in [6.45, 7) is 3.82. The predicted molar refractivity (Wildman–Crippen MR) is 69.3 cm³/mol. The van der Waals surface area contributed by atoms with E-state index in [2.05, 4.69) is 11.0 Å². The minimum Gasteiger partial charge on any atom is -0.388 e. The van der Waals surface area contributed by atoms with E-state index in [1.54, 1.807) is 0 Å². The summed E-state index contributed by atoms with van der Waals surface area (Å²) in [5, 5.41) is 19.0. The molecule has 1 fully saturated rings. The zero-order chi connectivity index (χ0) is 13.0. The highest BCUT2D eigenvalue weighted by molar-refractivity contribution is 5.55. The van der Waals surface area contributed by atoms with Crippen LogP contribution in [0, 0.1) is 11.3 Å². The molecule has 1 heterocycles. The standard InChI is InChI=1S/C14H18N2O2/c1-2-14(17)12-5-3-4-6-13(12)16-7-8-18-11(9-15)10-16/h3-6,11,14,17H,2,7-8,10H2,1H3. The summed E-state index contributed by atoms with van der Waals surface area (Å²) in [4.78, 5) is 2.12. The van der Waals surface area contributed by atoms with E-state index >= 15 is 0 Å². The topological polar surface area (TPSA) is 56.5 Å². The first kappa shape index (κ1) is 12.9. The number of benzene rings is 1. The van der Waals surface area contributed by atoms with Crippen molar-refractivity contribution in [3.63, 3.8) is 0 Å². The van der Waals surface area contributed by atoms with Gasteiger partial charge < -0.3 is 14.7 Å².